The minimum atomic E-state index is -0.148. The lowest BCUT2D eigenvalue weighted by Crippen LogP contribution is -2.40. The van der Waals surface area contributed by atoms with Gasteiger partial charge >= 0.3 is 0 Å². The van der Waals surface area contributed by atoms with Crippen molar-refractivity contribution < 1.29 is 9.59 Å². The smallest absolute Gasteiger partial charge is 0.240 e. The van der Waals surface area contributed by atoms with Crippen LogP contribution in [0.25, 0.3) is 0 Å². The van der Waals surface area contributed by atoms with Crippen molar-refractivity contribution in [3.05, 3.63) is 60.2 Å². The lowest BCUT2D eigenvalue weighted by molar-refractivity contribution is -0.123. The lowest BCUT2D eigenvalue weighted by atomic mass is 10.1. The van der Waals surface area contributed by atoms with Gasteiger partial charge in [-0.25, -0.2) is 0 Å². The highest BCUT2D eigenvalue weighted by Crippen LogP contribution is 2.24. The van der Waals surface area contributed by atoms with Crippen LogP contribution in [0.3, 0.4) is 0 Å². The average molecular weight is 365 g/mol. The quantitative estimate of drug-likeness (QED) is 0.821. The number of rotatable bonds is 7. The SMILES string of the molecule is CC(=O)N(CC(=O)NCCc1ccccc1)c1ccc(N2CCCC2)cc1. The first-order valence-corrected chi connectivity index (χ1v) is 9.57. The molecule has 0 saturated carbocycles. The molecular weight excluding hydrogens is 338 g/mol. The van der Waals surface area contributed by atoms with Crippen molar-refractivity contribution in [1.82, 2.24) is 5.32 Å². The van der Waals surface area contributed by atoms with Crippen LogP contribution in [0.2, 0.25) is 0 Å². The van der Waals surface area contributed by atoms with E-state index in [0.29, 0.717) is 6.54 Å². The summed E-state index contributed by atoms with van der Waals surface area (Å²) in [5.74, 6) is -0.285. The zero-order valence-electron chi connectivity index (χ0n) is 15.9. The van der Waals surface area contributed by atoms with Crippen LogP contribution in [0.1, 0.15) is 25.3 Å². The molecular formula is C22H27N3O2. The Morgan fingerprint density at radius 1 is 1.00 bits per heavy atom. The van der Waals surface area contributed by atoms with Gasteiger partial charge in [-0.3, -0.25) is 9.59 Å². The van der Waals surface area contributed by atoms with Gasteiger partial charge in [-0.15, -0.1) is 0 Å². The van der Waals surface area contributed by atoms with Gasteiger partial charge in [0.1, 0.15) is 6.54 Å². The molecule has 1 N–H and O–H groups in total. The number of nitrogens with one attached hydrogen (secondary N) is 1. The van der Waals surface area contributed by atoms with E-state index in [2.05, 4.69) is 10.2 Å². The van der Waals surface area contributed by atoms with Gasteiger partial charge in [0, 0.05) is 37.9 Å². The van der Waals surface area contributed by atoms with Gasteiger partial charge in [0.2, 0.25) is 11.8 Å². The molecule has 5 nitrogen and oxygen atoms in total. The first-order valence-electron chi connectivity index (χ1n) is 9.57. The van der Waals surface area contributed by atoms with Crippen LogP contribution < -0.4 is 15.1 Å². The van der Waals surface area contributed by atoms with Crippen LogP contribution in [0.15, 0.2) is 54.6 Å². The molecule has 0 spiro atoms. The van der Waals surface area contributed by atoms with Gasteiger partial charge in [-0.05, 0) is 49.1 Å². The van der Waals surface area contributed by atoms with Crippen molar-refractivity contribution in [2.75, 3.05) is 36.0 Å². The van der Waals surface area contributed by atoms with Gasteiger partial charge in [0.05, 0.1) is 0 Å². The van der Waals surface area contributed by atoms with Crippen LogP contribution in [0, 0.1) is 0 Å². The second-order valence-electron chi connectivity index (χ2n) is 6.90. The highest BCUT2D eigenvalue weighted by atomic mass is 16.2. The minimum absolute atomic E-state index is 0.0349. The highest BCUT2D eigenvalue weighted by molar-refractivity contribution is 5.97. The molecule has 0 atom stereocenters. The minimum Gasteiger partial charge on any atom is -0.372 e. The number of anilines is 2. The molecule has 0 radical (unpaired) electrons. The lowest BCUT2D eigenvalue weighted by Gasteiger charge is -2.23. The summed E-state index contributed by atoms with van der Waals surface area (Å²) in [6, 6.07) is 17.9. The number of benzene rings is 2. The summed E-state index contributed by atoms with van der Waals surface area (Å²) in [5.41, 5.74) is 3.11. The van der Waals surface area contributed by atoms with E-state index < -0.39 is 0 Å². The molecule has 3 rings (SSSR count). The van der Waals surface area contributed by atoms with E-state index in [1.807, 2.05) is 54.6 Å². The fraction of sp³-hybridized carbons (Fsp3) is 0.364. The van der Waals surface area contributed by atoms with E-state index in [4.69, 9.17) is 0 Å². The molecule has 0 bridgehead atoms. The summed E-state index contributed by atoms with van der Waals surface area (Å²) in [6.45, 7) is 4.25. The maximum Gasteiger partial charge on any atom is 0.240 e. The topological polar surface area (TPSA) is 52.7 Å². The molecule has 2 aromatic carbocycles. The summed E-state index contributed by atoms with van der Waals surface area (Å²) >= 11 is 0. The van der Waals surface area contributed by atoms with Crippen LogP contribution in [0.5, 0.6) is 0 Å². The normalized spacial score (nSPS) is 13.4. The zero-order chi connectivity index (χ0) is 19.1. The van der Waals surface area contributed by atoms with E-state index in [1.54, 1.807) is 0 Å². The summed E-state index contributed by atoms with van der Waals surface area (Å²) in [7, 11) is 0. The van der Waals surface area contributed by atoms with Crippen molar-refractivity contribution >= 4 is 23.2 Å². The van der Waals surface area contributed by atoms with Crippen molar-refractivity contribution in [3.63, 3.8) is 0 Å². The predicted octanol–water partition coefficient (Wildman–Crippen LogP) is 3.00. The van der Waals surface area contributed by atoms with Crippen LogP contribution in [-0.2, 0) is 16.0 Å². The van der Waals surface area contributed by atoms with Gasteiger partial charge in [-0.1, -0.05) is 30.3 Å². The molecule has 0 aromatic heterocycles. The monoisotopic (exact) mass is 365 g/mol. The molecule has 5 heteroatoms. The highest BCUT2D eigenvalue weighted by Gasteiger charge is 2.17. The molecule has 1 aliphatic heterocycles. The largest absolute Gasteiger partial charge is 0.372 e. The third kappa shape index (κ3) is 5.33. The van der Waals surface area contributed by atoms with Crippen LogP contribution >= 0.6 is 0 Å². The van der Waals surface area contributed by atoms with Crippen LogP contribution in [0.4, 0.5) is 11.4 Å². The Balaban J connectivity index is 1.55. The molecule has 0 aliphatic carbocycles. The molecule has 1 aliphatic rings. The summed E-state index contributed by atoms with van der Waals surface area (Å²) < 4.78 is 0. The molecule has 142 valence electrons. The Morgan fingerprint density at radius 3 is 2.30 bits per heavy atom. The summed E-state index contributed by atoms with van der Waals surface area (Å²) in [6.07, 6.45) is 3.23. The third-order valence-corrected chi connectivity index (χ3v) is 4.89. The molecule has 2 aromatic rings. The van der Waals surface area contributed by atoms with Gasteiger partial charge < -0.3 is 15.1 Å². The Kier molecular flexibility index (Phi) is 6.47. The number of hydrogen-bond acceptors (Lipinski definition) is 3. The Morgan fingerprint density at radius 2 is 1.67 bits per heavy atom. The standard InChI is InChI=1S/C22H27N3O2/c1-18(26)25(17-22(27)23-14-13-19-7-3-2-4-8-19)21-11-9-20(10-12-21)24-15-5-6-16-24/h2-4,7-12H,5-6,13-17H2,1H3,(H,23,27). The molecule has 1 saturated heterocycles. The van der Waals surface area contributed by atoms with Gasteiger partial charge in [-0.2, -0.15) is 0 Å². The van der Waals surface area contributed by atoms with E-state index in [-0.39, 0.29) is 18.4 Å². The zero-order valence-corrected chi connectivity index (χ0v) is 15.9. The fourth-order valence-electron chi connectivity index (χ4n) is 3.39. The Bertz CT molecular complexity index is 753. The maximum atomic E-state index is 12.3. The number of amides is 2. The second-order valence-corrected chi connectivity index (χ2v) is 6.90. The van der Waals surface area contributed by atoms with Gasteiger partial charge in [0.15, 0.2) is 0 Å². The number of carbonyl (C=O) groups is 2. The second kappa shape index (κ2) is 9.21. The van der Waals surface area contributed by atoms with Crippen molar-refractivity contribution in [1.29, 1.82) is 0 Å². The summed E-state index contributed by atoms with van der Waals surface area (Å²) in [4.78, 5) is 28.2. The number of nitrogens with zero attached hydrogens (tertiary/aromatic N) is 2. The average Bonchev–Trinajstić information content (AvgIpc) is 3.22. The van der Waals surface area contributed by atoms with Gasteiger partial charge in [0.25, 0.3) is 0 Å². The first-order chi connectivity index (χ1) is 13.1. The fourth-order valence-corrected chi connectivity index (χ4v) is 3.39. The van der Waals surface area contributed by atoms with Crippen molar-refractivity contribution in [2.24, 2.45) is 0 Å². The molecule has 0 unspecified atom stereocenters. The predicted molar refractivity (Wildman–Crippen MR) is 109 cm³/mol. The van der Waals surface area contributed by atoms with Crippen molar-refractivity contribution in [2.45, 2.75) is 26.2 Å². The van der Waals surface area contributed by atoms with Crippen molar-refractivity contribution in [3.8, 4) is 0 Å². The van der Waals surface area contributed by atoms with E-state index in [1.165, 1.54) is 35.9 Å². The van der Waals surface area contributed by atoms with Crippen LogP contribution in [-0.4, -0.2) is 38.0 Å². The van der Waals surface area contributed by atoms with E-state index >= 15 is 0 Å². The number of hydrogen-bond donors (Lipinski definition) is 1. The molecule has 27 heavy (non-hydrogen) atoms. The van der Waals surface area contributed by atoms with E-state index in [9.17, 15) is 9.59 Å². The number of carbonyl (C=O) groups excluding carboxylic acids is 2. The molecule has 2 amide bonds. The maximum absolute atomic E-state index is 12.3. The summed E-state index contributed by atoms with van der Waals surface area (Å²) in [5, 5.41) is 2.90. The van der Waals surface area contributed by atoms with E-state index in [0.717, 1.165) is 25.2 Å². The third-order valence-electron chi connectivity index (χ3n) is 4.89. The first kappa shape index (κ1) is 19.0. The Hall–Kier alpha value is -2.82. The molecule has 1 fully saturated rings. The molecule has 1 heterocycles. The Labute approximate surface area is 161 Å².